The van der Waals surface area contributed by atoms with Crippen LogP contribution in [0.3, 0.4) is 0 Å². The highest BCUT2D eigenvalue weighted by atomic mass is 16.6. The summed E-state index contributed by atoms with van der Waals surface area (Å²) in [4.78, 5) is 62.1. The molecule has 6 atom stereocenters. The Hall–Kier alpha value is -3.99. The van der Waals surface area contributed by atoms with Gasteiger partial charge in [0, 0.05) is 36.1 Å². The SMILES string of the molecule is CCOC(=O)[C@]12CC(=O)[C@@H]3C[C@]4(CC(O)c5c(c(C)nc6ccc(OC)cc56)O4)CN3C(=O)[C@@H](CC(=O)OC(C)(C)C)CCCCC/C=C\[C@@H]1C2. The van der Waals surface area contributed by atoms with Crippen LogP contribution in [-0.2, 0) is 28.7 Å². The number of rotatable bonds is 5. The lowest BCUT2D eigenvalue weighted by molar-refractivity contribution is -0.159. The van der Waals surface area contributed by atoms with Gasteiger partial charge in [-0.2, -0.15) is 0 Å². The van der Waals surface area contributed by atoms with Gasteiger partial charge in [0.05, 0.1) is 55.5 Å². The maximum atomic E-state index is 14.7. The van der Waals surface area contributed by atoms with Crippen LogP contribution in [0.2, 0.25) is 0 Å². The predicted octanol–water partition coefficient (Wildman–Crippen LogP) is 6.10. The lowest BCUT2D eigenvalue weighted by Gasteiger charge is -2.39. The first kappa shape index (κ1) is 36.8. The molecule has 1 amide bonds. The molecule has 6 rings (SSSR count). The van der Waals surface area contributed by atoms with Crippen LogP contribution >= 0.6 is 0 Å². The summed E-state index contributed by atoms with van der Waals surface area (Å²) in [6, 6.07) is 4.55. The molecule has 1 aromatic heterocycles. The Labute approximate surface area is 300 Å². The van der Waals surface area contributed by atoms with Gasteiger partial charge >= 0.3 is 11.9 Å². The zero-order valence-electron chi connectivity index (χ0n) is 30.8. The number of Topliss-reactive ketones (excluding diaryl/α,β-unsaturated/α-hetero) is 1. The molecule has 2 fully saturated rings. The van der Waals surface area contributed by atoms with Gasteiger partial charge in [0.2, 0.25) is 5.91 Å². The summed E-state index contributed by atoms with van der Waals surface area (Å²) in [5.74, 6) is -1.22. The molecule has 2 aromatic rings. The molecule has 51 heavy (non-hydrogen) atoms. The third kappa shape index (κ3) is 7.50. The van der Waals surface area contributed by atoms with Gasteiger partial charge in [-0.15, -0.1) is 0 Å². The van der Waals surface area contributed by atoms with Crippen molar-refractivity contribution in [1.82, 2.24) is 9.88 Å². The number of carbonyl (C=O) groups is 4. The summed E-state index contributed by atoms with van der Waals surface area (Å²) >= 11 is 0. The molecule has 11 nitrogen and oxygen atoms in total. The Balaban J connectivity index is 1.38. The number of allylic oxidation sites excluding steroid dienone is 2. The number of amides is 1. The van der Waals surface area contributed by atoms with Crippen molar-refractivity contribution in [2.75, 3.05) is 20.3 Å². The Morgan fingerprint density at radius 2 is 1.90 bits per heavy atom. The van der Waals surface area contributed by atoms with Crippen LogP contribution in [0.1, 0.15) is 109 Å². The van der Waals surface area contributed by atoms with Crippen molar-refractivity contribution in [3.8, 4) is 11.5 Å². The average molecular weight is 705 g/mol. The first-order valence-electron chi connectivity index (χ1n) is 18.4. The number of hydrogen-bond donors (Lipinski definition) is 1. The minimum atomic E-state index is -1.11. The number of carbonyl (C=O) groups excluding carboxylic acids is 4. The van der Waals surface area contributed by atoms with Crippen molar-refractivity contribution in [2.45, 2.75) is 122 Å². The molecule has 1 N–H and O–H groups in total. The van der Waals surface area contributed by atoms with E-state index in [9.17, 15) is 24.3 Å². The van der Waals surface area contributed by atoms with Crippen molar-refractivity contribution in [1.29, 1.82) is 0 Å². The quantitative estimate of drug-likeness (QED) is 0.287. The summed E-state index contributed by atoms with van der Waals surface area (Å²) in [5, 5.41) is 12.5. The number of fused-ring (bicyclic) bond motifs is 5. The summed E-state index contributed by atoms with van der Waals surface area (Å²) < 4.78 is 23.4. The van der Waals surface area contributed by atoms with Crippen molar-refractivity contribution in [2.24, 2.45) is 17.3 Å². The van der Waals surface area contributed by atoms with E-state index in [0.29, 0.717) is 46.5 Å². The van der Waals surface area contributed by atoms with Crippen LogP contribution in [0.15, 0.2) is 30.4 Å². The number of benzene rings is 1. The monoisotopic (exact) mass is 704 g/mol. The molecule has 4 heterocycles. The molecule has 11 heteroatoms. The molecule has 1 saturated heterocycles. The highest BCUT2D eigenvalue weighted by molar-refractivity contribution is 5.96. The number of aromatic nitrogens is 1. The molecule has 276 valence electrons. The molecule has 4 aliphatic rings. The summed E-state index contributed by atoms with van der Waals surface area (Å²) in [5.41, 5.74) is -0.937. The Morgan fingerprint density at radius 3 is 2.63 bits per heavy atom. The number of aryl methyl sites for hydroxylation is 1. The Kier molecular flexibility index (Phi) is 10.2. The van der Waals surface area contributed by atoms with Crippen LogP contribution < -0.4 is 9.47 Å². The number of aliphatic hydroxyl groups excluding tert-OH is 1. The largest absolute Gasteiger partial charge is 0.497 e. The van der Waals surface area contributed by atoms with E-state index in [1.165, 1.54) is 0 Å². The third-order valence-corrected chi connectivity index (χ3v) is 10.9. The van der Waals surface area contributed by atoms with Crippen LogP contribution in [0, 0.1) is 24.2 Å². The fourth-order valence-corrected chi connectivity index (χ4v) is 8.39. The third-order valence-electron chi connectivity index (χ3n) is 10.9. The number of ether oxygens (including phenoxy) is 4. The van der Waals surface area contributed by atoms with Crippen molar-refractivity contribution in [3.05, 3.63) is 41.6 Å². The molecule has 0 radical (unpaired) electrons. The minimum absolute atomic E-state index is 0.0366. The number of methoxy groups -OCH3 is 1. The smallest absolute Gasteiger partial charge is 0.313 e. The number of aliphatic hydroxyl groups is 1. The van der Waals surface area contributed by atoms with Crippen LogP contribution in [0.4, 0.5) is 0 Å². The molecule has 1 saturated carbocycles. The van der Waals surface area contributed by atoms with Gasteiger partial charge in [-0.1, -0.05) is 25.0 Å². The van der Waals surface area contributed by atoms with Crippen molar-refractivity contribution < 1.29 is 43.2 Å². The fourth-order valence-electron chi connectivity index (χ4n) is 8.39. The first-order valence-corrected chi connectivity index (χ1v) is 18.4. The lowest BCUT2D eigenvalue weighted by Crippen LogP contribution is -2.47. The van der Waals surface area contributed by atoms with Crippen LogP contribution in [0.25, 0.3) is 10.9 Å². The fraction of sp³-hybridized carbons (Fsp3) is 0.625. The number of esters is 2. The van der Waals surface area contributed by atoms with E-state index in [-0.39, 0.29) is 56.4 Å². The maximum absolute atomic E-state index is 14.7. The summed E-state index contributed by atoms with van der Waals surface area (Å²) in [7, 11) is 1.58. The second-order valence-corrected chi connectivity index (χ2v) is 15.9. The predicted molar refractivity (Wildman–Crippen MR) is 189 cm³/mol. The highest BCUT2D eigenvalue weighted by Crippen LogP contribution is 2.58. The van der Waals surface area contributed by atoms with Gasteiger partial charge in [-0.3, -0.25) is 19.2 Å². The zero-order valence-corrected chi connectivity index (χ0v) is 30.8. The maximum Gasteiger partial charge on any atom is 0.313 e. The van der Waals surface area contributed by atoms with E-state index in [1.807, 2.05) is 31.2 Å². The van der Waals surface area contributed by atoms with Gasteiger partial charge in [0.15, 0.2) is 5.78 Å². The summed E-state index contributed by atoms with van der Waals surface area (Å²) in [6.07, 6.45) is 7.50. The molecule has 1 unspecified atom stereocenters. The number of nitrogens with zero attached hydrogens (tertiary/aromatic N) is 2. The van der Waals surface area contributed by atoms with Crippen molar-refractivity contribution in [3.63, 3.8) is 0 Å². The Morgan fingerprint density at radius 1 is 1.12 bits per heavy atom. The van der Waals surface area contributed by atoms with Gasteiger partial charge < -0.3 is 29.0 Å². The molecule has 3 aliphatic heterocycles. The molecular weight excluding hydrogens is 652 g/mol. The second kappa shape index (κ2) is 14.2. The Bertz CT molecular complexity index is 1730. The molecule has 1 aromatic carbocycles. The average Bonchev–Trinajstić information content (AvgIpc) is 3.64. The van der Waals surface area contributed by atoms with E-state index < -0.39 is 46.6 Å². The van der Waals surface area contributed by atoms with Crippen molar-refractivity contribution >= 4 is 34.5 Å². The van der Waals surface area contributed by atoms with E-state index >= 15 is 0 Å². The molecule has 0 bridgehead atoms. The van der Waals surface area contributed by atoms with Crippen LogP contribution in [-0.4, -0.2) is 76.1 Å². The number of hydrogen-bond acceptors (Lipinski definition) is 10. The van der Waals surface area contributed by atoms with Crippen LogP contribution in [0.5, 0.6) is 11.5 Å². The lowest BCUT2D eigenvalue weighted by atomic mass is 9.84. The van der Waals surface area contributed by atoms with Gasteiger partial charge in [-0.25, -0.2) is 4.98 Å². The number of pyridine rings is 1. The molecule has 1 spiro atoms. The standard InChI is InChI=1S/C40H52N2O9/c1-7-49-37(47)40-19-26(40)14-12-10-8-9-11-13-25(17-33(45)50-38(3,4)5)36(46)42-23-39(20-30(42)31(43)22-40)21-32(44)34-28-18-27(48-6)15-16-29(28)41-24(2)35(34)51-39/h12,14-16,18,25-26,30,32,44H,7-11,13,17,19-23H2,1-6H3/b14-12-/t25-,26-,30+,32?,39+,40-/m1/s1. The first-order chi connectivity index (χ1) is 24.2. The van der Waals surface area contributed by atoms with E-state index in [0.717, 1.165) is 25.7 Å². The topological polar surface area (TPSA) is 142 Å². The van der Waals surface area contributed by atoms with E-state index in [4.69, 9.17) is 23.9 Å². The zero-order chi connectivity index (χ0) is 36.7. The normalized spacial score (nSPS) is 30.3. The van der Waals surface area contributed by atoms with Gasteiger partial charge in [0.1, 0.15) is 22.7 Å². The van der Waals surface area contributed by atoms with Gasteiger partial charge in [0.25, 0.3) is 0 Å². The van der Waals surface area contributed by atoms with Gasteiger partial charge in [-0.05, 0) is 84.4 Å². The minimum Gasteiger partial charge on any atom is -0.497 e. The molecule has 1 aliphatic carbocycles. The number of ketones is 1. The van der Waals surface area contributed by atoms with E-state index in [2.05, 4.69) is 6.08 Å². The van der Waals surface area contributed by atoms with E-state index in [1.54, 1.807) is 39.7 Å². The molecular formula is C40H52N2O9. The summed E-state index contributed by atoms with van der Waals surface area (Å²) in [6.45, 7) is 9.18. The highest BCUT2D eigenvalue weighted by Gasteiger charge is 2.63. The second-order valence-electron chi connectivity index (χ2n) is 15.9.